The Morgan fingerprint density at radius 3 is 3.00 bits per heavy atom. The molecule has 1 heterocycles. The smallest absolute Gasteiger partial charge is 0.294 e. The summed E-state index contributed by atoms with van der Waals surface area (Å²) in [6.07, 6.45) is 3.50. The van der Waals surface area contributed by atoms with Gasteiger partial charge in [-0.05, 0) is 25.0 Å². The number of hydrogen-bond acceptors (Lipinski definition) is 3. The van der Waals surface area contributed by atoms with Gasteiger partial charge in [0.05, 0.1) is 0 Å². The molecular formula is C6H10O2S. The molecule has 52 valence electrons. The van der Waals surface area contributed by atoms with E-state index in [1.807, 2.05) is 0 Å². The Morgan fingerprint density at radius 2 is 2.44 bits per heavy atom. The standard InChI is InChI=1S/C6H10O2S/c7-5-8-6-3-1-2-4-9-6/h5-6H,1-4H2. The summed E-state index contributed by atoms with van der Waals surface area (Å²) < 4.78 is 4.77. The molecule has 9 heavy (non-hydrogen) atoms. The molecule has 0 saturated carbocycles. The van der Waals surface area contributed by atoms with Gasteiger partial charge < -0.3 is 4.74 Å². The third-order valence-electron chi connectivity index (χ3n) is 1.35. The third kappa shape index (κ3) is 2.26. The van der Waals surface area contributed by atoms with Crippen LogP contribution in [0, 0.1) is 0 Å². The van der Waals surface area contributed by atoms with Crippen LogP contribution in [0.3, 0.4) is 0 Å². The molecule has 0 amide bonds. The average molecular weight is 146 g/mol. The Balaban J connectivity index is 2.15. The highest BCUT2D eigenvalue weighted by Gasteiger charge is 2.13. The van der Waals surface area contributed by atoms with Crippen molar-refractivity contribution >= 4 is 18.2 Å². The van der Waals surface area contributed by atoms with Crippen molar-refractivity contribution in [2.24, 2.45) is 0 Å². The minimum absolute atomic E-state index is 0.149. The average Bonchev–Trinajstić information content (AvgIpc) is 1.91. The second-order valence-electron chi connectivity index (χ2n) is 2.03. The molecule has 0 aliphatic carbocycles. The summed E-state index contributed by atoms with van der Waals surface area (Å²) in [6.45, 7) is 0.545. The fourth-order valence-electron chi connectivity index (χ4n) is 0.880. The normalized spacial score (nSPS) is 27.3. The maximum Gasteiger partial charge on any atom is 0.294 e. The minimum atomic E-state index is 0.149. The Kier molecular flexibility index (Phi) is 2.91. The summed E-state index contributed by atoms with van der Waals surface area (Å²) in [6, 6.07) is 0. The summed E-state index contributed by atoms with van der Waals surface area (Å²) in [5.74, 6) is 1.14. The first kappa shape index (κ1) is 6.93. The van der Waals surface area contributed by atoms with Crippen molar-refractivity contribution in [1.82, 2.24) is 0 Å². The van der Waals surface area contributed by atoms with Gasteiger partial charge in [0.25, 0.3) is 6.47 Å². The van der Waals surface area contributed by atoms with Crippen LogP contribution in [0.1, 0.15) is 19.3 Å². The highest BCUT2D eigenvalue weighted by molar-refractivity contribution is 7.99. The molecule has 1 atom stereocenters. The lowest BCUT2D eigenvalue weighted by molar-refractivity contribution is -0.130. The van der Waals surface area contributed by atoms with E-state index in [9.17, 15) is 4.79 Å². The summed E-state index contributed by atoms with van der Waals surface area (Å²) >= 11 is 1.73. The van der Waals surface area contributed by atoms with Crippen molar-refractivity contribution in [2.75, 3.05) is 5.75 Å². The first-order chi connectivity index (χ1) is 4.43. The van der Waals surface area contributed by atoms with Gasteiger partial charge in [-0.1, -0.05) is 0 Å². The molecule has 0 aromatic rings. The molecule has 1 aliphatic heterocycles. The maximum atomic E-state index is 9.84. The first-order valence-electron chi connectivity index (χ1n) is 3.14. The molecule has 1 unspecified atom stereocenters. The molecule has 2 nitrogen and oxygen atoms in total. The van der Waals surface area contributed by atoms with Crippen molar-refractivity contribution in [2.45, 2.75) is 24.7 Å². The minimum Gasteiger partial charge on any atom is -0.453 e. The van der Waals surface area contributed by atoms with Crippen LogP contribution in [0.2, 0.25) is 0 Å². The van der Waals surface area contributed by atoms with Crippen LogP contribution in [0.15, 0.2) is 0 Å². The van der Waals surface area contributed by atoms with E-state index in [0.717, 1.165) is 12.2 Å². The van der Waals surface area contributed by atoms with Gasteiger partial charge in [-0.15, -0.1) is 11.8 Å². The van der Waals surface area contributed by atoms with Crippen LogP contribution < -0.4 is 0 Å². The maximum absolute atomic E-state index is 9.84. The number of ether oxygens (including phenoxy) is 1. The molecule has 1 saturated heterocycles. The molecule has 0 N–H and O–H groups in total. The van der Waals surface area contributed by atoms with Crippen LogP contribution >= 0.6 is 11.8 Å². The zero-order valence-corrected chi connectivity index (χ0v) is 6.02. The molecule has 1 fully saturated rings. The molecular weight excluding hydrogens is 136 g/mol. The van der Waals surface area contributed by atoms with E-state index in [0.29, 0.717) is 6.47 Å². The molecule has 3 heteroatoms. The van der Waals surface area contributed by atoms with E-state index in [4.69, 9.17) is 4.74 Å². The van der Waals surface area contributed by atoms with E-state index < -0.39 is 0 Å². The van der Waals surface area contributed by atoms with Gasteiger partial charge in [-0.25, -0.2) is 0 Å². The Labute approximate surface area is 59.0 Å². The highest BCUT2D eigenvalue weighted by atomic mass is 32.2. The summed E-state index contributed by atoms with van der Waals surface area (Å²) in [5, 5.41) is 0. The summed E-state index contributed by atoms with van der Waals surface area (Å²) in [5.41, 5.74) is 0.149. The van der Waals surface area contributed by atoms with Gasteiger partial charge in [0.1, 0.15) is 5.44 Å². The number of carbonyl (C=O) groups excluding carboxylic acids is 1. The van der Waals surface area contributed by atoms with Gasteiger partial charge in [0.15, 0.2) is 0 Å². The molecule has 0 bridgehead atoms. The van der Waals surface area contributed by atoms with E-state index in [2.05, 4.69) is 0 Å². The van der Waals surface area contributed by atoms with Crippen LogP contribution in [0.5, 0.6) is 0 Å². The first-order valence-corrected chi connectivity index (χ1v) is 4.19. The fourth-order valence-corrected chi connectivity index (χ4v) is 1.97. The lowest BCUT2D eigenvalue weighted by Crippen LogP contribution is -2.12. The van der Waals surface area contributed by atoms with E-state index >= 15 is 0 Å². The zero-order valence-electron chi connectivity index (χ0n) is 5.21. The van der Waals surface area contributed by atoms with Crippen LogP contribution in [0.25, 0.3) is 0 Å². The third-order valence-corrected chi connectivity index (χ3v) is 2.59. The molecule has 0 radical (unpaired) electrons. The lowest BCUT2D eigenvalue weighted by Gasteiger charge is -2.18. The topological polar surface area (TPSA) is 26.3 Å². The second-order valence-corrected chi connectivity index (χ2v) is 3.30. The van der Waals surface area contributed by atoms with Crippen molar-refractivity contribution in [3.8, 4) is 0 Å². The van der Waals surface area contributed by atoms with Gasteiger partial charge in [-0.2, -0.15) is 0 Å². The number of hydrogen-bond donors (Lipinski definition) is 0. The summed E-state index contributed by atoms with van der Waals surface area (Å²) in [7, 11) is 0. The number of carbonyl (C=O) groups is 1. The molecule has 0 aromatic heterocycles. The Morgan fingerprint density at radius 1 is 1.56 bits per heavy atom. The molecule has 1 aliphatic rings. The van der Waals surface area contributed by atoms with Gasteiger partial charge in [0.2, 0.25) is 0 Å². The molecule has 1 rings (SSSR count). The van der Waals surface area contributed by atoms with Crippen LogP contribution in [-0.2, 0) is 9.53 Å². The molecule has 0 spiro atoms. The fraction of sp³-hybridized carbons (Fsp3) is 0.833. The Hall–Kier alpha value is -0.180. The predicted octanol–water partition coefficient (Wildman–Crippen LogP) is 1.40. The zero-order chi connectivity index (χ0) is 6.53. The van der Waals surface area contributed by atoms with Crippen molar-refractivity contribution in [3.63, 3.8) is 0 Å². The predicted molar refractivity (Wildman–Crippen MR) is 37.2 cm³/mol. The quantitative estimate of drug-likeness (QED) is 0.551. The van der Waals surface area contributed by atoms with E-state index in [-0.39, 0.29) is 5.44 Å². The van der Waals surface area contributed by atoms with Crippen LogP contribution in [-0.4, -0.2) is 17.7 Å². The van der Waals surface area contributed by atoms with Gasteiger partial charge in [-0.3, -0.25) is 4.79 Å². The monoisotopic (exact) mass is 146 g/mol. The number of rotatable bonds is 2. The SMILES string of the molecule is O=COC1CCCCS1. The lowest BCUT2D eigenvalue weighted by atomic mass is 10.2. The van der Waals surface area contributed by atoms with Crippen molar-refractivity contribution < 1.29 is 9.53 Å². The second kappa shape index (κ2) is 3.77. The van der Waals surface area contributed by atoms with E-state index in [1.54, 1.807) is 11.8 Å². The summed E-state index contributed by atoms with van der Waals surface area (Å²) in [4.78, 5) is 9.84. The van der Waals surface area contributed by atoms with E-state index in [1.165, 1.54) is 12.8 Å². The largest absolute Gasteiger partial charge is 0.453 e. The van der Waals surface area contributed by atoms with Crippen LogP contribution in [0.4, 0.5) is 0 Å². The number of thioether (sulfide) groups is 1. The van der Waals surface area contributed by atoms with Crippen molar-refractivity contribution in [1.29, 1.82) is 0 Å². The van der Waals surface area contributed by atoms with Gasteiger partial charge in [0, 0.05) is 0 Å². The van der Waals surface area contributed by atoms with Crippen molar-refractivity contribution in [3.05, 3.63) is 0 Å². The highest BCUT2D eigenvalue weighted by Crippen LogP contribution is 2.24. The molecule has 0 aromatic carbocycles. The Bertz CT molecular complexity index is 89.1. The van der Waals surface area contributed by atoms with Gasteiger partial charge >= 0.3 is 0 Å².